The fourth-order valence-electron chi connectivity index (χ4n) is 2.31. The van der Waals surface area contributed by atoms with E-state index in [4.69, 9.17) is 10.9 Å². The van der Waals surface area contributed by atoms with Gasteiger partial charge in [0.05, 0.1) is 0 Å². The van der Waals surface area contributed by atoms with Crippen LogP contribution in [0.2, 0.25) is 0 Å². The van der Waals surface area contributed by atoms with E-state index < -0.39 is 0 Å². The van der Waals surface area contributed by atoms with Crippen molar-refractivity contribution in [2.75, 3.05) is 6.54 Å². The molecule has 3 N–H and O–H groups in total. The Morgan fingerprint density at radius 1 is 1.58 bits per heavy atom. The van der Waals surface area contributed by atoms with E-state index in [0.29, 0.717) is 17.7 Å². The molecule has 1 aliphatic rings. The van der Waals surface area contributed by atoms with Gasteiger partial charge in [0.2, 0.25) is 0 Å². The summed E-state index contributed by atoms with van der Waals surface area (Å²) in [5.74, 6) is 0.709. The molecule has 2 rings (SSSR count). The van der Waals surface area contributed by atoms with Crippen molar-refractivity contribution in [3.05, 3.63) is 29.6 Å². The minimum Gasteiger partial charge on any atom is -0.409 e. The molecule has 0 unspecified atom stereocenters. The van der Waals surface area contributed by atoms with E-state index in [2.05, 4.69) is 28.9 Å². The van der Waals surface area contributed by atoms with Gasteiger partial charge in [0.1, 0.15) is 5.69 Å². The van der Waals surface area contributed by atoms with Gasteiger partial charge in [0.15, 0.2) is 5.84 Å². The van der Waals surface area contributed by atoms with Crippen molar-refractivity contribution in [2.24, 2.45) is 16.8 Å². The molecule has 0 aliphatic heterocycles. The summed E-state index contributed by atoms with van der Waals surface area (Å²) in [6.07, 6.45) is 4.21. The second-order valence-electron chi connectivity index (χ2n) is 5.55. The van der Waals surface area contributed by atoms with Gasteiger partial charge in [-0.05, 0) is 30.4 Å². The van der Waals surface area contributed by atoms with Crippen LogP contribution in [0.25, 0.3) is 0 Å². The van der Waals surface area contributed by atoms with E-state index in [1.54, 1.807) is 6.20 Å². The van der Waals surface area contributed by atoms with Crippen LogP contribution < -0.4 is 5.73 Å². The standard InChI is InChI=1S/C14H22N4O/c1-10(2)8-18(12-5-6-12)9-11-4-3-7-16-13(11)14(15)17-19/h3-4,7,10,12,19H,5-6,8-9H2,1-2H3,(H2,15,17). The van der Waals surface area contributed by atoms with Gasteiger partial charge in [0.25, 0.3) is 0 Å². The first-order valence-electron chi connectivity index (χ1n) is 6.77. The molecule has 104 valence electrons. The Labute approximate surface area is 114 Å². The van der Waals surface area contributed by atoms with E-state index in [1.165, 1.54) is 12.8 Å². The van der Waals surface area contributed by atoms with Crippen molar-refractivity contribution in [3.8, 4) is 0 Å². The normalized spacial score (nSPS) is 16.3. The maximum Gasteiger partial charge on any atom is 0.189 e. The largest absolute Gasteiger partial charge is 0.409 e. The molecule has 0 saturated heterocycles. The summed E-state index contributed by atoms with van der Waals surface area (Å²) in [7, 11) is 0. The Bertz CT molecular complexity index is 455. The number of hydrogen-bond donors (Lipinski definition) is 2. The minimum absolute atomic E-state index is 0.0795. The Morgan fingerprint density at radius 2 is 2.32 bits per heavy atom. The molecule has 0 radical (unpaired) electrons. The molecule has 0 atom stereocenters. The third kappa shape index (κ3) is 3.67. The molecule has 0 aromatic carbocycles. The van der Waals surface area contributed by atoms with Gasteiger partial charge in [-0.15, -0.1) is 0 Å². The SMILES string of the molecule is CC(C)CN(Cc1cccnc1C(N)=NO)C1CC1. The third-order valence-electron chi connectivity index (χ3n) is 3.28. The highest BCUT2D eigenvalue weighted by molar-refractivity contribution is 5.96. The lowest BCUT2D eigenvalue weighted by molar-refractivity contribution is 0.225. The maximum absolute atomic E-state index is 8.82. The first-order valence-corrected chi connectivity index (χ1v) is 6.77. The van der Waals surface area contributed by atoms with Crippen LogP contribution in [0.4, 0.5) is 0 Å². The molecule has 1 heterocycles. The lowest BCUT2D eigenvalue weighted by atomic mass is 10.1. The topological polar surface area (TPSA) is 74.7 Å². The molecule has 1 fully saturated rings. The monoisotopic (exact) mass is 262 g/mol. The Balaban J connectivity index is 2.16. The Morgan fingerprint density at radius 3 is 2.89 bits per heavy atom. The van der Waals surface area contributed by atoms with Crippen molar-refractivity contribution in [2.45, 2.75) is 39.3 Å². The summed E-state index contributed by atoms with van der Waals surface area (Å²) in [4.78, 5) is 6.69. The van der Waals surface area contributed by atoms with E-state index in [-0.39, 0.29) is 5.84 Å². The number of nitrogens with two attached hydrogens (primary N) is 1. The van der Waals surface area contributed by atoms with E-state index >= 15 is 0 Å². The number of aromatic nitrogens is 1. The van der Waals surface area contributed by atoms with Crippen molar-refractivity contribution in [1.29, 1.82) is 0 Å². The molecule has 5 heteroatoms. The first-order chi connectivity index (χ1) is 9.11. The van der Waals surface area contributed by atoms with Gasteiger partial charge < -0.3 is 10.9 Å². The second kappa shape index (κ2) is 6.02. The molecule has 0 amide bonds. The Hall–Kier alpha value is -1.62. The third-order valence-corrected chi connectivity index (χ3v) is 3.28. The average molecular weight is 262 g/mol. The number of amidine groups is 1. The van der Waals surface area contributed by atoms with E-state index in [1.807, 2.05) is 12.1 Å². The summed E-state index contributed by atoms with van der Waals surface area (Å²) in [5.41, 5.74) is 7.28. The summed E-state index contributed by atoms with van der Waals surface area (Å²) in [5, 5.41) is 11.9. The molecular weight excluding hydrogens is 240 g/mol. The summed E-state index contributed by atoms with van der Waals surface area (Å²) in [6, 6.07) is 4.57. The molecule has 1 aromatic rings. The smallest absolute Gasteiger partial charge is 0.189 e. The van der Waals surface area contributed by atoms with Gasteiger partial charge in [-0.25, -0.2) is 0 Å². The van der Waals surface area contributed by atoms with Crippen molar-refractivity contribution in [1.82, 2.24) is 9.88 Å². The lowest BCUT2D eigenvalue weighted by Gasteiger charge is -2.24. The Kier molecular flexibility index (Phi) is 4.37. The molecule has 1 aromatic heterocycles. The predicted octanol–water partition coefficient (Wildman–Crippen LogP) is 1.80. The predicted molar refractivity (Wildman–Crippen MR) is 75.0 cm³/mol. The molecule has 19 heavy (non-hydrogen) atoms. The molecule has 0 spiro atoms. The summed E-state index contributed by atoms with van der Waals surface area (Å²) >= 11 is 0. The average Bonchev–Trinajstić information content (AvgIpc) is 3.21. The molecule has 1 saturated carbocycles. The van der Waals surface area contributed by atoms with E-state index in [0.717, 1.165) is 18.7 Å². The minimum atomic E-state index is 0.0795. The van der Waals surface area contributed by atoms with Gasteiger partial charge >= 0.3 is 0 Å². The van der Waals surface area contributed by atoms with Crippen LogP contribution in [0.1, 0.15) is 37.9 Å². The van der Waals surface area contributed by atoms with Crippen LogP contribution in [-0.4, -0.2) is 33.5 Å². The number of hydrogen-bond acceptors (Lipinski definition) is 4. The zero-order valence-corrected chi connectivity index (χ0v) is 11.6. The maximum atomic E-state index is 8.82. The van der Waals surface area contributed by atoms with Crippen LogP contribution in [0.15, 0.2) is 23.5 Å². The van der Waals surface area contributed by atoms with Gasteiger partial charge in [-0.3, -0.25) is 9.88 Å². The van der Waals surface area contributed by atoms with Crippen molar-refractivity contribution >= 4 is 5.84 Å². The summed E-state index contributed by atoms with van der Waals surface area (Å²) in [6.45, 7) is 6.32. The van der Waals surface area contributed by atoms with Crippen LogP contribution in [-0.2, 0) is 6.54 Å². The summed E-state index contributed by atoms with van der Waals surface area (Å²) < 4.78 is 0. The quantitative estimate of drug-likeness (QED) is 0.355. The fraction of sp³-hybridized carbons (Fsp3) is 0.571. The molecule has 1 aliphatic carbocycles. The second-order valence-corrected chi connectivity index (χ2v) is 5.55. The fourth-order valence-corrected chi connectivity index (χ4v) is 2.31. The van der Waals surface area contributed by atoms with E-state index in [9.17, 15) is 0 Å². The zero-order valence-electron chi connectivity index (χ0n) is 11.6. The molecular formula is C14H22N4O. The number of oxime groups is 1. The molecule has 0 bridgehead atoms. The number of pyridine rings is 1. The highest BCUT2D eigenvalue weighted by atomic mass is 16.4. The number of nitrogens with zero attached hydrogens (tertiary/aromatic N) is 3. The molecule has 5 nitrogen and oxygen atoms in total. The lowest BCUT2D eigenvalue weighted by Crippen LogP contribution is -2.31. The van der Waals surface area contributed by atoms with Gasteiger partial charge in [-0.2, -0.15) is 0 Å². The van der Waals surface area contributed by atoms with Crippen molar-refractivity contribution in [3.63, 3.8) is 0 Å². The van der Waals surface area contributed by atoms with Crippen LogP contribution in [0.5, 0.6) is 0 Å². The zero-order chi connectivity index (χ0) is 13.8. The first kappa shape index (κ1) is 13.8. The highest BCUT2D eigenvalue weighted by Crippen LogP contribution is 2.29. The highest BCUT2D eigenvalue weighted by Gasteiger charge is 2.29. The van der Waals surface area contributed by atoms with Crippen LogP contribution in [0, 0.1) is 5.92 Å². The van der Waals surface area contributed by atoms with Crippen molar-refractivity contribution < 1.29 is 5.21 Å². The van der Waals surface area contributed by atoms with Gasteiger partial charge in [0, 0.05) is 25.3 Å². The van der Waals surface area contributed by atoms with Crippen LogP contribution in [0.3, 0.4) is 0 Å². The van der Waals surface area contributed by atoms with Crippen LogP contribution >= 0.6 is 0 Å². The van der Waals surface area contributed by atoms with Gasteiger partial charge in [-0.1, -0.05) is 25.1 Å². The number of rotatable bonds is 6.